The van der Waals surface area contributed by atoms with Crippen LogP contribution in [0.15, 0.2) is 71.3 Å². The summed E-state index contributed by atoms with van der Waals surface area (Å²) < 4.78 is 0. The van der Waals surface area contributed by atoms with Gasteiger partial charge in [-0.1, -0.05) is 54.6 Å². The number of hydrazone groups is 1. The maximum atomic E-state index is 11.6. The zero-order valence-electron chi connectivity index (χ0n) is 12.5. The lowest BCUT2D eigenvalue weighted by Crippen LogP contribution is -2.25. The largest absolute Gasteiger partial charge is 0.376 e. The molecule has 0 aliphatic carbocycles. The van der Waals surface area contributed by atoms with Crippen molar-refractivity contribution in [1.29, 1.82) is 0 Å². The first-order chi connectivity index (χ1) is 10.7. The first-order valence-electron chi connectivity index (χ1n) is 7.08. The van der Waals surface area contributed by atoms with Gasteiger partial charge in [0, 0.05) is 5.69 Å². The van der Waals surface area contributed by atoms with Crippen LogP contribution in [0.5, 0.6) is 0 Å². The van der Waals surface area contributed by atoms with Crippen molar-refractivity contribution >= 4 is 23.9 Å². The van der Waals surface area contributed by atoms with Gasteiger partial charge in [0.25, 0.3) is 5.91 Å². The Morgan fingerprint density at radius 1 is 1.05 bits per heavy atom. The van der Waals surface area contributed by atoms with Crippen molar-refractivity contribution in [3.05, 3.63) is 71.8 Å². The summed E-state index contributed by atoms with van der Waals surface area (Å²) in [6.45, 7) is 2.12. The molecule has 2 aromatic carbocycles. The van der Waals surface area contributed by atoms with Crippen molar-refractivity contribution < 1.29 is 4.79 Å². The number of carbonyl (C=O) groups excluding carboxylic acids is 1. The molecule has 112 valence electrons. The average molecular weight is 293 g/mol. The van der Waals surface area contributed by atoms with Crippen LogP contribution in [0.3, 0.4) is 0 Å². The van der Waals surface area contributed by atoms with Crippen molar-refractivity contribution in [3.63, 3.8) is 0 Å². The zero-order valence-corrected chi connectivity index (χ0v) is 12.5. The van der Waals surface area contributed by atoms with E-state index in [0.29, 0.717) is 0 Å². The highest BCUT2D eigenvalue weighted by Crippen LogP contribution is 2.04. The van der Waals surface area contributed by atoms with Crippen LogP contribution in [0.2, 0.25) is 0 Å². The smallest absolute Gasteiger partial charge is 0.259 e. The summed E-state index contributed by atoms with van der Waals surface area (Å²) in [5.41, 5.74) is 5.46. The first-order valence-corrected chi connectivity index (χ1v) is 7.08. The van der Waals surface area contributed by atoms with Gasteiger partial charge in [0.1, 0.15) is 0 Å². The predicted molar refractivity (Wildman–Crippen MR) is 91.7 cm³/mol. The first kappa shape index (κ1) is 15.5. The van der Waals surface area contributed by atoms with Crippen molar-refractivity contribution in [2.45, 2.75) is 6.92 Å². The SMILES string of the molecule is C/C(C=NNC(=O)CNc1ccccc1)=C\c1ccccc1. The number of hydrogen-bond donors (Lipinski definition) is 2. The van der Waals surface area contributed by atoms with Gasteiger partial charge in [-0.25, -0.2) is 5.43 Å². The summed E-state index contributed by atoms with van der Waals surface area (Å²) in [6.07, 6.45) is 3.63. The number of carbonyl (C=O) groups is 1. The summed E-state index contributed by atoms with van der Waals surface area (Å²) >= 11 is 0. The number of anilines is 1. The number of allylic oxidation sites excluding steroid dienone is 1. The summed E-state index contributed by atoms with van der Waals surface area (Å²) in [5, 5.41) is 6.97. The minimum atomic E-state index is -0.187. The Morgan fingerprint density at radius 3 is 2.36 bits per heavy atom. The number of rotatable bonds is 6. The van der Waals surface area contributed by atoms with Crippen molar-refractivity contribution in [3.8, 4) is 0 Å². The molecule has 0 saturated heterocycles. The minimum Gasteiger partial charge on any atom is -0.376 e. The van der Waals surface area contributed by atoms with E-state index in [2.05, 4.69) is 15.8 Å². The Morgan fingerprint density at radius 2 is 1.68 bits per heavy atom. The Kier molecular flexibility index (Phi) is 5.93. The number of benzene rings is 2. The molecule has 4 nitrogen and oxygen atoms in total. The normalized spacial score (nSPS) is 11.4. The molecule has 2 rings (SSSR count). The standard InChI is InChI=1S/C18H19N3O/c1-15(12-16-8-4-2-5-9-16)13-20-21-18(22)14-19-17-10-6-3-7-11-17/h2-13,19H,14H2,1H3,(H,21,22)/b15-12+,20-13?. The zero-order chi connectivity index (χ0) is 15.6. The molecule has 0 bridgehead atoms. The fourth-order valence-electron chi connectivity index (χ4n) is 1.83. The van der Waals surface area contributed by atoms with Crippen molar-refractivity contribution in [2.75, 3.05) is 11.9 Å². The second-order valence-electron chi connectivity index (χ2n) is 4.81. The molecule has 0 aliphatic rings. The molecule has 0 heterocycles. The molecule has 0 atom stereocenters. The van der Waals surface area contributed by atoms with Gasteiger partial charge in [0.15, 0.2) is 0 Å². The third-order valence-electron chi connectivity index (χ3n) is 2.88. The van der Waals surface area contributed by atoms with Crippen LogP contribution in [0.1, 0.15) is 12.5 Å². The van der Waals surface area contributed by atoms with Crippen molar-refractivity contribution in [1.82, 2.24) is 5.43 Å². The molecular formula is C18H19N3O. The molecule has 0 spiro atoms. The van der Waals surface area contributed by atoms with Gasteiger partial charge in [0.2, 0.25) is 0 Å². The average Bonchev–Trinajstić information content (AvgIpc) is 2.55. The van der Waals surface area contributed by atoms with E-state index in [4.69, 9.17) is 0 Å². The van der Waals surface area contributed by atoms with Crippen LogP contribution in [0.4, 0.5) is 5.69 Å². The lowest BCUT2D eigenvalue weighted by molar-refractivity contribution is -0.119. The topological polar surface area (TPSA) is 53.5 Å². The van der Waals surface area contributed by atoms with E-state index >= 15 is 0 Å². The Hall–Kier alpha value is -2.88. The third-order valence-corrected chi connectivity index (χ3v) is 2.88. The molecule has 0 saturated carbocycles. The maximum Gasteiger partial charge on any atom is 0.259 e. The fraction of sp³-hybridized carbons (Fsp3) is 0.111. The molecule has 2 N–H and O–H groups in total. The second-order valence-corrected chi connectivity index (χ2v) is 4.81. The summed E-state index contributed by atoms with van der Waals surface area (Å²) in [5.74, 6) is -0.187. The Balaban J connectivity index is 1.77. The van der Waals surface area contributed by atoms with Crippen LogP contribution < -0.4 is 10.7 Å². The molecule has 0 aromatic heterocycles. The highest BCUT2D eigenvalue weighted by molar-refractivity contribution is 5.87. The van der Waals surface area contributed by atoms with Gasteiger partial charge < -0.3 is 5.32 Å². The summed E-state index contributed by atoms with van der Waals surface area (Å²) in [6, 6.07) is 19.5. The minimum absolute atomic E-state index is 0.183. The van der Waals surface area contributed by atoms with Crippen LogP contribution in [0, 0.1) is 0 Å². The van der Waals surface area contributed by atoms with Crippen LogP contribution in [-0.4, -0.2) is 18.7 Å². The summed E-state index contributed by atoms with van der Waals surface area (Å²) in [4.78, 5) is 11.6. The second kappa shape index (κ2) is 8.42. The molecule has 0 unspecified atom stereocenters. The van der Waals surface area contributed by atoms with Crippen LogP contribution >= 0.6 is 0 Å². The highest BCUT2D eigenvalue weighted by Gasteiger charge is 1.98. The van der Waals surface area contributed by atoms with Crippen LogP contribution in [0.25, 0.3) is 6.08 Å². The van der Waals surface area contributed by atoms with Gasteiger partial charge in [-0.3, -0.25) is 4.79 Å². The maximum absolute atomic E-state index is 11.6. The molecule has 0 aliphatic heterocycles. The number of nitrogens with one attached hydrogen (secondary N) is 2. The quantitative estimate of drug-likeness (QED) is 0.634. The van der Waals surface area contributed by atoms with E-state index in [1.807, 2.05) is 73.7 Å². The molecular weight excluding hydrogens is 274 g/mol. The van der Waals surface area contributed by atoms with E-state index in [1.54, 1.807) is 6.21 Å². The number of nitrogens with zero attached hydrogens (tertiary/aromatic N) is 1. The van der Waals surface area contributed by atoms with E-state index < -0.39 is 0 Å². The third kappa shape index (κ3) is 5.63. The summed E-state index contributed by atoms with van der Waals surface area (Å²) in [7, 11) is 0. The fourth-order valence-corrected chi connectivity index (χ4v) is 1.83. The van der Waals surface area contributed by atoms with Gasteiger partial charge in [-0.05, 0) is 30.2 Å². The molecule has 2 aromatic rings. The van der Waals surface area contributed by atoms with Crippen molar-refractivity contribution in [2.24, 2.45) is 5.10 Å². The van der Waals surface area contributed by atoms with Gasteiger partial charge in [-0.15, -0.1) is 0 Å². The molecule has 0 fully saturated rings. The highest BCUT2D eigenvalue weighted by atomic mass is 16.2. The van der Waals surface area contributed by atoms with E-state index in [0.717, 1.165) is 16.8 Å². The van der Waals surface area contributed by atoms with E-state index in [1.165, 1.54) is 0 Å². The molecule has 1 amide bonds. The monoisotopic (exact) mass is 293 g/mol. The Bertz CT molecular complexity index is 649. The van der Waals surface area contributed by atoms with Gasteiger partial charge in [0.05, 0.1) is 12.8 Å². The van der Waals surface area contributed by atoms with Gasteiger partial charge >= 0.3 is 0 Å². The number of amides is 1. The van der Waals surface area contributed by atoms with E-state index in [9.17, 15) is 4.79 Å². The number of para-hydroxylation sites is 1. The van der Waals surface area contributed by atoms with Crippen LogP contribution in [-0.2, 0) is 4.79 Å². The van der Waals surface area contributed by atoms with E-state index in [-0.39, 0.29) is 12.5 Å². The molecule has 0 radical (unpaired) electrons. The Labute approximate surface area is 130 Å². The lowest BCUT2D eigenvalue weighted by Gasteiger charge is -2.04. The number of hydrogen-bond acceptors (Lipinski definition) is 3. The molecule has 4 heteroatoms. The van der Waals surface area contributed by atoms with Gasteiger partial charge in [-0.2, -0.15) is 5.10 Å². The lowest BCUT2D eigenvalue weighted by atomic mass is 10.1. The molecule has 22 heavy (non-hydrogen) atoms. The predicted octanol–water partition coefficient (Wildman–Crippen LogP) is 3.30.